The maximum Gasteiger partial charge on any atom is 0.258 e. The van der Waals surface area contributed by atoms with Crippen molar-refractivity contribution < 1.29 is 8.42 Å². The van der Waals surface area contributed by atoms with Gasteiger partial charge in [0, 0.05) is 17.6 Å². The Morgan fingerprint density at radius 2 is 2.06 bits per heavy atom. The molecule has 0 bridgehead atoms. The van der Waals surface area contributed by atoms with Gasteiger partial charge >= 0.3 is 0 Å². The molecular formula is C11H22N4O2S. The van der Waals surface area contributed by atoms with E-state index in [1.54, 1.807) is 0 Å². The average Bonchev–Trinajstić information content (AvgIpc) is 2.74. The molecule has 0 aliphatic heterocycles. The third kappa shape index (κ3) is 3.79. The quantitative estimate of drug-likeness (QED) is 0.692. The van der Waals surface area contributed by atoms with E-state index in [-0.39, 0.29) is 5.03 Å². The second kappa shape index (κ2) is 5.81. The van der Waals surface area contributed by atoms with Crippen molar-refractivity contribution in [1.29, 1.82) is 0 Å². The molecule has 0 radical (unpaired) electrons. The predicted molar refractivity (Wildman–Crippen MR) is 70.7 cm³/mol. The summed E-state index contributed by atoms with van der Waals surface area (Å²) < 4.78 is 27.2. The largest absolute Gasteiger partial charge is 0.313 e. The van der Waals surface area contributed by atoms with Crippen LogP contribution in [0.25, 0.3) is 0 Å². The predicted octanol–water partition coefficient (Wildman–Crippen LogP) is 0.986. The minimum absolute atomic E-state index is 0.143. The Hall–Kier alpha value is -0.920. The van der Waals surface area contributed by atoms with Gasteiger partial charge in [-0.15, -0.1) is 0 Å². The average molecular weight is 274 g/mol. The minimum atomic E-state index is -3.56. The van der Waals surface area contributed by atoms with Crippen molar-refractivity contribution in [3.63, 3.8) is 0 Å². The van der Waals surface area contributed by atoms with Crippen molar-refractivity contribution in [2.75, 3.05) is 6.54 Å². The van der Waals surface area contributed by atoms with Crippen LogP contribution in [0.3, 0.4) is 0 Å². The first-order chi connectivity index (χ1) is 8.32. The molecule has 0 spiro atoms. The molecular weight excluding hydrogens is 252 g/mol. The lowest BCUT2D eigenvalue weighted by Crippen LogP contribution is -2.43. The van der Waals surface area contributed by atoms with Crippen LogP contribution in [0.15, 0.2) is 11.2 Å². The maximum atomic E-state index is 12.2. The molecule has 7 heteroatoms. The van der Waals surface area contributed by atoms with Gasteiger partial charge in [0.05, 0.1) is 6.20 Å². The highest BCUT2D eigenvalue weighted by atomic mass is 32.2. The Balaban J connectivity index is 2.95. The Morgan fingerprint density at radius 1 is 1.39 bits per heavy atom. The van der Waals surface area contributed by atoms with E-state index in [2.05, 4.69) is 20.2 Å². The summed E-state index contributed by atoms with van der Waals surface area (Å²) in [6.45, 7) is 8.87. The molecule has 0 aliphatic rings. The number of hydrogen-bond acceptors (Lipinski definition) is 4. The van der Waals surface area contributed by atoms with Crippen LogP contribution in [0, 0.1) is 0 Å². The van der Waals surface area contributed by atoms with Crippen LogP contribution < -0.4 is 10.0 Å². The highest BCUT2D eigenvalue weighted by molar-refractivity contribution is 7.89. The molecule has 1 rings (SSSR count). The van der Waals surface area contributed by atoms with Gasteiger partial charge in [-0.1, -0.05) is 13.8 Å². The van der Waals surface area contributed by atoms with Crippen LogP contribution in [-0.2, 0) is 16.6 Å². The van der Waals surface area contributed by atoms with E-state index in [1.165, 1.54) is 6.20 Å². The van der Waals surface area contributed by atoms with Crippen LogP contribution in [0.5, 0.6) is 0 Å². The number of aromatic amines is 1. The Kier molecular flexibility index (Phi) is 4.89. The smallest absolute Gasteiger partial charge is 0.258 e. The second-order valence-corrected chi connectivity index (χ2v) is 6.47. The summed E-state index contributed by atoms with van der Waals surface area (Å²) in [6, 6.07) is 0. The first-order valence-corrected chi connectivity index (χ1v) is 7.57. The molecule has 0 aliphatic carbocycles. The van der Waals surface area contributed by atoms with Crippen molar-refractivity contribution >= 4 is 10.0 Å². The fraction of sp³-hybridized carbons (Fsp3) is 0.727. The zero-order valence-electron chi connectivity index (χ0n) is 11.4. The Labute approximate surface area is 109 Å². The van der Waals surface area contributed by atoms with E-state index < -0.39 is 15.6 Å². The summed E-state index contributed by atoms with van der Waals surface area (Å²) in [7, 11) is -3.56. The highest BCUT2D eigenvalue weighted by Crippen LogP contribution is 2.16. The van der Waals surface area contributed by atoms with E-state index in [9.17, 15) is 8.42 Å². The number of rotatable bonds is 7. The first kappa shape index (κ1) is 15.1. The number of sulfonamides is 1. The number of aromatic nitrogens is 2. The number of nitrogens with zero attached hydrogens (tertiary/aromatic N) is 1. The topological polar surface area (TPSA) is 86.9 Å². The normalized spacial score (nSPS) is 12.9. The molecule has 6 nitrogen and oxygen atoms in total. The number of nitrogens with one attached hydrogen (secondary N) is 3. The molecule has 0 aromatic carbocycles. The van der Waals surface area contributed by atoms with E-state index in [0.717, 1.165) is 6.54 Å². The molecule has 0 unspecified atom stereocenters. The zero-order chi connectivity index (χ0) is 13.8. The first-order valence-electron chi connectivity index (χ1n) is 6.09. The molecule has 18 heavy (non-hydrogen) atoms. The Morgan fingerprint density at radius 3 is 2.61 bits per heavy atom. The molecule has 0 atom stereocenters. The lowest BCUT2D eigenvalue weighted by molar-refractivity contribution is 0.438. The molecule has 1 aromatic heterocycles. The van der Waals surface area contributed by atoms with Gasteiger partial charge < -0.3 is 5.32 Å². The summed E-state index contributed by atoms with van der Waals surface area (Å²) in [4.78, 5) is 0. The maximum absolute atomic E-state index is 12.2. The van der Waals surface area contributed by atoms with Crippen molar-refractivity contribution in [1.82, 2.24) is 20.2 Å². The van der Waals surface area contributed by atoms with Gasteiger partial charge in [-0.2, -0.15) is 5.10 Å². The lowest BCUT2D eigenvalue weighted by atomic mass is 10.0. The molecule has 0 saturated heterocycles. The standard InChI is InChI=1S/C11H22N4O2S/c1-5-11(3,4)15-18(16,17)10-9(7-12-6-2)8-13-14-10/h8,12,15H,5-7H2,1-4H3,(H,13,14). The third-order valence-electron chi connectivity index (χ3n) is 2.81. The van der Waals surface area contributed by atoms with Crippen LogP contribution >= 0.6 is 0 Å². The van der Waals surface area contributed by atoms with Gasteiger partial charge in [0.15, 0.2) is 5.03 Å². The van der Waals surface area contributed by atoms with E-state index in [1.807, 2.05) is 27.7 Å². The molecule has 104 valence electrons. The van der Waals surface area contributed by atoms with Crippen molar-refractivity contribution in [2.24, 2.45) is 0 Å². The van der Waals surface area contributed by atoms with Crippen LogP contribution in [0.4, 0.5) is 0 Å². The fourth-order valence-corrected chi connectivity index (χ4v) is 3.02. The number of H-pyrrole nitrogens is 1. The van der Waals surface area contributed by atoms with E-state index >= 15 is 0 Å². The third-order valence-corrected chi connectivity index (χ3v) is 4.52. The zero-order valence-corrected chi connectivity index (χ0v) is 12.2. The highest BCUT2D eigenvalue weighted by Gasteiger charge is 2.27. The Bertz CT molecular complexity index is 479. The molecule has 0 saturated carbocycles. The van der Waals surface area contributed by atoms with Crippen molar-refractivity contribution in [2.45, 2.75) is 51.2 Å². The minimum Gasteiger partial charge on any atom is -0.313 e. The van der Waals surface area contributed by atoms with Gasteiger partial charge in [-0.25, -0.2) is 13.1 Å². The monoisotopic (exact) mass is 274 g/mol. The van der Waals surface area contributed by atoms with Gasteiger partial charge in [0.1, 0.15) is 0 Å². The molecule has 1 aromatic rings. The molecule has 3 N–H and O–H groups in total. The van der Waals surface area contributed by atoms with Gasteiger partial charge in [-0.3, -0.25) is 5.10 Å². The van der Waals surface area contributed by atoms with Gasteiger partial charge in [0.25, 0.3) is 10.0 Å². The summed E-state index contributed by atoms with van der Waals surface area (Å²) >= 11 is 0. The molecule has 0 fully saturated rings. The summed E-state index contributed by atoms with van der Waals surface area (Å²) in [6.07, 6.45) is 2.25. The van der Waals surface area contributed by atoms with E-state index in [0.29, 0.717) is 18.5 Å². The molecule has 1 heterocycles. The van der Waals surface area contributed by atoms with E-state index in [4.69, 9.17) is 0 Å². The second-order valence-electron chi connectivity index (χ2n) is 4.85. The van der Waals surface area contributed by atoms with Crippen LogP contribution in [0.2, 0.25) is 0 Å². The van der Waals surface area contributed by atoms with Crippen LogP contribution in [0.1, 0.15) is 39.7 Å². The van der Waals surface area contributed by atoms with Crippen molar-refractivity contribution in [3.8, 4) is 0 Å². The SMILES string of the molecule is CCNCc1cn[nH]c1S(=O)(=O)NC(C)(C)CC. The summed E-state index contributed by atoms with van der Waals surface area (Å²) in [5, 5.41) is 9.61. The fourth-order valence-electron chi connectivity index (χ4n) is 1.40. The molecule has 0 amide bonds. The van der Waals surface area contributed by atoms with Crippen LogP contribution in [-0.4, -0.2) is 30.7 Å². The van der Waals surface area contributed by atoms with Crippen molar-refractivity contribution in [3.05, 3.63) is 11.8 Å². The summed E-state index contributed by atoms with van der Waals surface area (Å²) in [5.74, 6) is 0. The van der Waals surface area contributed by atoms with Gasteiger partial charge in [0.2, 0.25) is 0 Å². The lowest BCUT2D eigenvalue weighted by Gasteiger charge is -2.23. The number of hydrogen-bond donors (Lipinski definition) is 3. The van der Waals surface area contributed by atoms with Gasteiger partial charge in [-0.05, 0) is 26.8 Å². The summed E-state index contributed by atoms with van der Waals surface area (Å²) in [5.41, 5.74) is 0.176.